The Morgan fingerprint density at radius 3 is 2.50 bits per heavy atom. The summed E-state index contributed by atoms with van der Waals surface area (Å²) in [6, 6.07) is 21.9. The molecule has 146 valence electrons. The average Bonchev–Trinajstić information content (AvgIpc) is 3.42. The van der Waals surface area contributed by atoms with Gasteiger partial charge in [0.05, 0.1) is 18.1 Å². The van der Waals surface area contributed by atoms with Crippen LogP contribution in [0.1, 0.15) is 0 Å². The molecule has 0 saturated carbocycles. The third-order valence-corrected chi connectivity index (χ3v) is 5.36. The molecule has 0 saturated heterocycles. The molecule has 0 bridgehead atoms. The summed E-state index contributed by atoms with van der Waals surface area (Å²) in [6.07, 6.45) is 1.88. The largest absolute Gasteiger partial charge is 0.494 e. The van der Waals surface area contributed by atoms with E-state index in [2.05, 4.69) is 12.1 Å². The zero-order chi connectivity index (χ0) is 20.1. The maximum atomic E-state index is 5.63. The minimum absolute atomic E-state index is 0.218. The topological polar surface area (TPSA) is 58.4 Å². The van der Waals surface area contributed by atoms with E-state index in [-0.39, 0.29) is 6.79 Å². The number of methoxy groups -OCH3 is 1. The average molecular weight is 395 g/mol. The van der Waals surface area contributed by atoms with Crippen LogP contribution in [-0.4, -0.2) is 28.7 Å². The molecule has 3 heterocycles. The summed E-state index contributed by atoms with van der Waals surface area (Å²) < 4.78 is 18.7. The highest BCUT2D eigenvalue weighted by Crippen LogP contribution is 2.40. The Morgan fingerprint density at radius 1 is 0.900 bits per heavy atom. The highest BCUT2D eigenvalue weighted by atomic mass is 16.7. The van der Waals surface area contributed by atoms with Crippen LogP contribution in [0.15, 0.2) is 72.9 Å². The minimum atomic E-state index is 0.218. The third-order valence-electron chi connectivity index (χ3n) is 5.36. The summed E-state index contributed by atoms with van der Waals surface area (Å²) in [4.78, 5) is 4.70. The number of benzene rings is 3. The van der Waals surface area contributed by atoms with Crippen molar-refractivity contribution < 1.29 is 14.2 Å². The molecule has 30 heavy (non-hydrogen) atoms. The smallest absolute Gasteiger partial charge is 0.231 e. The van der Waals surface area contributed by atoms with Crippen LogP contribution in [0, 0.1) is 0 Å². The van der Waals surface area contributed by atoms with Crippen LogP contribution >= 0.6 is 0 Å². The monoisotopic (exact) mass is 395 g/mol. The molecule has 0 amide bonds. The van der Waals surface area contributed by atoms with Crippen molar-refractivity contribution in [1.29, 1.82) is 0 Å². The van der Waals surface area contributed by atoms with Crippen LogP contribution in [0.2, 0.25) is 0 Å². The highest BCUT2D eigenvalue weighted by Gasteiger charge is 2.22. The van der Waals surface area contributed by atoms with Gasteiger partial charge in [-0.15, -0.1) is 0 Å². The van der Waals surface area contributed by atoms with E-state index < -0.39 is 0 Å². The first-order valence-corrected chi connectivity index (χ1v) is 9.63. The first kappa shape index (κ1) is 16.9. The second kappa shape index (κ2) is 6.49. The number of rotatable bonds is 3. The second-order valence-electron chi connectivity index (χ2n) is 7.04. The molecule has 6 nitrogen and oxygen atoms in total. The lowest BCUT2D eigenvalue weighted by Gasteiger charge is -2.10. The Kier molecular flexibility index (Phi) is 3.64. The molecule has 5 aromatic rings. The van der Waals surface area contributed by atoms with E-state index in [0.717, 1.165) is 44.5 Å². The first-order chi connectivity index (χ1) is 14.8. The number of hydrogen-bond acceptors (Lipinski definition) is 5. The number of hydrogen-bond donors (Lipinski definition) is 0. The van der Waals surface area contributed by atoms with Crippen molar-refractivity contribution in [2.75, 3.05) is 13.9 Å². The van der Waals surface area contributed by atoms with Gasteiger partial charge in [-0.05, 0) is 18.2 Å². The summed E-state index contributed by atoms with van der Waals surface area (Å²) in [5.41, 5.74) is 4.52. The first-order valence-electron chi connectivity index (χ1n) is 9.63. The molecule has 6 rings (SSSR count). The van der Waals surface area contributed by atoms with E-state index in [1.54, 1.807) is 7.11 Å². The molecule has 1 aliphatic heterocycles. The number of ether oxygens (including phenoxy) is 3. The van der Waals surface area contributed by atoms with Crippen molar-refractivity contribution >= 4 is 21.8 Å². The number of nitrogens with zero attached hydrogens (tertiary/aromatic N) is 3. The fraction of sp³-hybridized carbons (Fsp3) is 0.0833. The molecule has 0 N–H and O–H groups in total. The lowest BCUT2D eigenvalue weighted by molar-refractivity contribution is 0.174. The molecule has 0 spiro atoms. The predicted octanol–water partition coefficient (Wildman–Crippen LogP) is 4.98. The molecule has 0 unspecified atom stereocenters. The lowest BCUT2D eigenvalue weighted by Crippen LogP contribution is -2.00. The summed E-state index contributed by atoms with van der Waals surface area (Å²) in [5.74, 6) is 2.17. The van der Waals surface area contributed by atoms with Crippen LogP contribution in [0.4, 0.5) is 0 Å². The van der Waals surface area contributed by atoms with Crippen molar-refractivity contribution in [3.8, 4) is 34.2 Å². The van der Waals surface area contributed by atoms with Gasteiger partial charge >= 0.3 is 0 Å². The van der Waals surface area contributed by atoms with Crippen molar-refractivity contribution in [3.63, 3.8) is 0 Å². The zero-order valence-corrected chi connectivity index (χ0v) is 16.2. The highest BCUT2D eigenvalue weighted by molar-refractivity contribution is 6.09. The van der Waals surface area contributed by atoms with Crippen molar-refractivity contribution in [2.24, 2.45) is 0 Å². The number of pyridine rings is 1. The minimum Gasteiger partial charge on any atom is -0.494 e. The number of para-hydroxylation sites is 2. The SMILES string of the molecule is COc1ccccc1-n1nc(-c2ccccc2)c2cnc3cc4c(cc3c21)OCO4. The maximum Gasteiger partial charge on any atom is 0.231 e. The van der Waals surface area contributed by atoms with Crippen molar-refractivity contribution in [3.05, 3.63) is 72.9 Å². The molecule has 0 atom stereocenters. The normalized spacial score (nSPS) is 12.6. The van der Waals surface area contributed by atoms with Gasteiger partial charge < -0.3 is 14.2 Å². The Bertz CT molecular complexity index is 1410. The maximum absolute atomic E-state index is 5.63. The van der Waals surface area contributed by atoms with Gasteiger partial charge in [-0.2, -0.15) is 5.10 Å². The van der Waals surface area contributed by atoms with Crippen molar-refractivity contribution in [1.82, 2.24) is 14.8 Å². The van der Waals surface area contributed by atoms with Gasteiger partial charge in [-0.3, -0.25) is 4.98 Å². The molecule has 0 aliphatic carbocycles. The quantitative estimate of drug-likeness (QED) is 0.431. The van der Waals surface area contributed by atoms with Crippen LogP contribution in [0.3, 0.4) is 0 Å². The third kappa shape index (κ3) is 2.43. The Morgan fingerprint density at radius 2 is 1.67 bits per heavy atom. The van der Waals surface area contributed by atoms with Gasteiger partial charge in [-0.1, -0.05) is 42.5 Å². The lowest BCUT2D eigenvalue weighted by atomic mass is 10.1. The predicted molar refractivity (Wildman–Crippen MR) is 114 cm³/mol. The standard InChI is InChI=1S/C24H17N3O3/c1-28-20-10-6-5-9-19(20)27-24-16-11-21-22(30-14-29-21)12-18(16)25-13-17(24)23(26-27)15-7-3-2-4-8-15/h2-13H,14H2,1H3. The van der Waals surface area contributed by atoms with E-state index in [1.807, 2.05) is 65.5 Å². The van der Waals surface area contributed by atoms with Crippen LogP contribution in [0.5, 0.6) is 17.2 Å². The van der Waals surface area contributed by atoms with E-state index in [4.69, 9.17) is 24.3 Å². The molecular formula is C24H17N3O3. The van der Waals surface area contributed by atoms with Gasteiger partial charge in [0, 0.05) is 28.6 Å². The summed E-state index contributed by atoms with van der Waals surface area (Å²) in [5, 5.41) is 6.91. The van der Waals surface area contributed by atoms with Crippen LogP contribution in [-0.2, 0) is 0 Å². The Labute approximate surface area is 172 Å². The molecule has 0 radical (unpaired) electrons. The fourth-order valence-corrected chi connectivity index (χ4v) is 3.96. The van der Waals surface area contributed by atoms with Crippen LogP contribution < -0.4 is 14.2 Å². The summed E-state index contributed by atoms with van der Waals surface area (Å²) in [6.45, 7) is 0.218. The van der Waals surface area contributed by atoms with E-state index in [0.29, 0.717) is 11.5 Å². The molecule has 0 fully saturated rings. The fourth-order valence-electron chi connectivity index (χ4n) is 3.96. The molecule has 2 aromatic heterocycles. The van der Waals surface area contributed by atoms with E-state index in [9.17, 15) is 0 Å². The molecular weight excluding hydrogens is 378 g/mol. The van der Waals surface area contributed by atoms with Gasteiger partial charge in [0.2, 0.25) is 6.79 Å². The Hall–Kier alpha value is -4.06. The van der Waals surface area contributed by atoms with Gasteiger partial charge in [0.15, 0.2) is 11.5 Å². The van der Waals surface area contributed by atoms with Crippen LogP contribution in [0.25, 0.3) is 38.8 Å². The summed E-state index contributed by atoms with van der Waals surface area (Å²) in [7, 11) is 1.67. The van der Waals surface area contributed by atoms with E-state index in [1.165, 1.54) is 0 Å². The Balaban J connectivity index is 1.75. The number of fused-ring (bicyclic) bond motifs is 4. The van der Waals surface area contributed by atoms with Crippen molar-refractivity contribution in [2.45, 2.75) is 0 Å². The summed E-state index contributed by atoms with van der Waals surface area (Å²) >= 11 is 0. The molecule has 6 heteroatoms. The molecule has 1 aliphatic rings. The second-order valence-corrected chi connectivity index (χ2v) is 7.04. The van der Waals surface area contributed by atoms with E-state index >= 15 is 0 Å². The van der Waals surface area contributed by atoms with Gasteiger partial charge in [0.1, 0.15) is 17.1 Å². The van der Waals surface area contributed by atoms with Gasteiger partial charge in [0.25, 0.3) is 0 Å². The molecule has 3 aromatic carbocycles. The number of aromatic nitrogens is 3. The zero-order valence-electron chi connectivity index (χ0n) is 16.2. The van der Waals surface area contributed by atoms with Gasteiger partial charge in [-0.25, -0.2) is 4.68 Å².